The minimum Gasteiger partial charge on any atom is -0.329 e. The SMILES string of the molecule is Cc1nn(C)c(Cl)c1Cn1ccnc1CNC1CC1. The van der Waals surface area contributed by atoms with Crippen LogP contribution in [0.5, 0.6) is 0 Å². The molecule has 3 rings (SSSR count). The molecule has 0 bridgehead atoms. The van der Waals surface area contributed by atoms with Crippen LogP contribution in [0, 0.1) is 6.92 Å². The number of imidazole rings is 1. The molecule has 0 radical (unpaired) electrons. The molecule has 1 saturated carbocycles. The van der Waals surface area contributed by atoms with Gasteiger partial charge in [-0.05, 0) is 19.8 Å². The summed E-state index contributed by atoms with van der Waals surface area (Å²) in [6.45, 7) is 3.52. The van der Waals surface area contributed by atoms with Crippen molar-refractivity contribution in [2.24, 2.45) is 7.05 Å². The van der Waals surface area contributed by atoms with Crippen LogP contribution in [0.2, 0.25) is 5.15 Å². The predicted molar refractivity (Wildman–Crippen MR) is 74.1 cm³/mol. The molecule has 1 aliphatic carbocycles. The maximum absolute atomic E-state index is 6.27. The molecule has 0 unspecified atom stereocenters. The van der Waals surface area contributed by atoms with Crippen molar-refractivity contribution in [1.29, 1.82) is 0 Å². The highest BCUT2D eigenvalue weighted by Crippen LogP contribution is 2.21. The molecule has 0 spiro atoms. The van der Waals surface area contributed by atoms with E-state index < -0.39 is 0 Å². The number of aromatic nitrogens is 4. The quantitative estimate of drug-likeness (QED) is 0.909. The standard InChI is InChI=1S/C13H18ClN5/c1-9-11(13(14)18(2)17-9)8-19-6-5-15-12(19)7-16-10-3-4-10/h5-6,10,16H,3-4,7-8H2,1-2H3. The average molecular weight is 280 g/mol. The first-order chi connectivity index (χ1) is 9.15. The second kappa shape index (κ2) is 4.98. The van der Waals surface area contributed by atoms with Gasteiger partial charge in [-0.25, -0.2) is 4.98 Å². The summed E-state index contributed by atoms with van der Waals surface area (Å²) in [7, 11) is 1.86. The Labute approximate surface area is 117 Å². The van der Waals surface area contributed by atoms with Crippen LogP contribution in [0.25, 0.3) is 0 Å². The number of nitrogens with zero attached hydrogens (tertiary/aromatic N) is 4. The molecule has 2 aromatic heterocycles. The van der Waals surface area contributed by atoms with Crippen molar-refractivity contribution in [3.8, 4) is 0 Å². The highest BCUT2D eigenvalue weighted by atomic mass is 35.5. The average Bonchev–Trinajstić information content (AvgIpc) is 3.06. The largest absolute Gasteiger partial charge is 0.329 e. The summed E-state index contributed by atoms with van der Waals surface area (Å²) >= 11 is 6.27. The summed E-state index contributed by atoms with van der Waals surface area (Å²) in [5, 5.41) is 8.52. The third kappa shape index (κ3) is 2.67. The van der Waals surface area contributed by atoms with Gasteiger partial charge in [0, 0.05) is 31.0 Å². The van der Waals surface area contributed by atoms with Gasteiger partial charge >= 0.3 is 0 Å². The van der Waals surface area contributed by atoms with Crippen molar-refractivity contribution in [2.75, 3.05) is 0 Å². The molecule has 102 valence electrons. The first-order valence-electron chi connectivity index (χ1n) is 6.56. The molecule has 0 saturated heterocycles. The molecule has 2 aromatic rings. The van der Waals surface area contributed by atoms with Crippen LogP contribution >= 0.6 is 11.6 Å². The first kappa shape index (κ1) is 12.7. The molecule has 2 heterocycles. The number of halogens is 1. The minimum atomic E-state index is 0.689. The number of hydrogen-bond donors (Lipinski definition) is 1. The van der Waals surface area contributed by atoms with Crippen molar-refractivity contribution < 1.29 is 0 Å². The number of aryl methyl sites for hydroxylation is 2. The lowest BCUT2D eigenvalue weighted by Crippen LogP contribution is -2.19. The Morgan fingerprint density at radius 2 is 2.26 bits per heavy atom. The van der Waals surface area contributed by atoms with E-state index in [1.807, 2.05) is 26.4 Å². The number of hydrogen-bond acceptors (Lipinski definition) is 3. The molecular weight excluding hydrogens is 262 g/mol. The van der Waals surface area contributed by atoms with Crippen LogP contribution in [-0.4, -0.2) is 25.4 Å². The summed E-state index contributed by atoms with van der Waals surface area (Å²) in [5.74, 6) is 1.05. The van der Waals surface area contributed by atoms with Crippen LogP contribution in [-0.2, 0) is 20.1 Å². The first-order valence-corrected chi connectivity index (χ1v) is 6.94. The van der Waals surface area contributed by atoms with E-state index in [4.69, 9.17) is 11.6 Å². The summed E-state index contributed by atoms with van der Waals surface area (Å²) in [5.41, 5.74) is 2.04. The fourth-order valence-corrected chi connectivity index (χ4v) is 2.43. The molecule has 6 heteroatoms. The maximum atomic E-state index is 6.27. The molecule has 19 heavy (non-hydrogen) atoms. The van der Waals surface area contributed by atoms with Gasteiger partial charge in [0.25, 0.3) is 0 Å². The topological polar surface area (TPSA) is 47.7 Å². The van der Waals surface area contributed by atoms with Gasteiger partial charge in [0.1, 0.15) is 11.0 Å². The molecule has 5 nitrogen and oxygen atoms in total. The highest BCUT2D eigenvalue weighted by molar-refractivity contribution is 6.30. The lowest BCUT2D eigenvalue weighted by molar-refractivity contribution is 0.618. The Bertz CT molecular complexity index is 582. The van der Waals surface area contributed by atoms with E-state index >= 15 is 0 Å². The van der Waals surface area contributed by atoms with Crippen LogP contribution in [0.3, 0.4) is 0 Å². The Morgan fingerprint density at radius 1 is 1.47 bits per heavy atom. The molecule has 0 atom stereocenters. The summed E-state index contributed by atoms with van der Waals surface area (Å²) in [6.07, 6.45) is 6.40. The zero-order valence-electron chi connectivity index (χ0n) is 11.2. The second-order valence-electron chi connectivity index (χ2n) is 5.10. The van der Waals surface area contributed by atoms with E-state index in [1.165, 1.54) is 12.8 Å². The molecule has 0 aliphatic heterocycles. The molecule has 1 fully saturated rings. The Hall–Kier alpha value is -1.33. The van der Waals surface area contributed by atoms with E-state index in [2.05, 4.69) is 20.0 Å². The van der Waals surface area contributed by atoms with E-state index in [1.54, 1.807) is 4.68 Å². The molecule has 0 aromatic carbocycles. The molecular formula is C13H18ClN5. The third-order valence-corrected chi connectivity index (χ3v) is 4.00. The summed E-state index contributed by atoms with van der Waals surface area (Å²) in [4.78, 5) is 4.41. The van der Waals surface area contributed by atoms with Crippen molar-refractivity contribution >= 4 is 11.6 Å². The highest BCUT2D eigenvalue weighted by Gasteiger charge is 2.21. The van der Waals surface area contributed by atoms with Crippen molar-refractivity contribution in [3.05, 3.63) is 34.6 Å². The predicted octanol–water partition coefficient (Wildman–Crippen LogP) is 1.88. The number of rotatable bonds is 5. The van der Waals surface area contributed by atoms with Gasteiger partial charge < -0.3 is 9.88 Å². The maximum Gasteiger partial charge on any atom is 0.131 e. The normalized spacial score (nSPS) is 15.1. The van der Waals surface area contributed by atoms with Gasteiger partial charge in [-0.1, -0.05) is 11.6 Å². The van der Waals surface area contributed by atoms with Crippen LogP contribution in [0.15, 0.2) is 12.4 Å². The van der Waals surface area contributed by atoms with Gasteiger partial charge in [0.2, 0.25) is 0 Å². The van der Waals surface area contributed by atoms with E-state index in [-0.39, 0.29) is 0 Å². The van der Waals surface area contributed by atoms with Crippen molar-refractivity contribution in [1.82, 2.24) is 24.6 Å². The second-order valence-corrected chi connectivity index (χ2v) is 5.46. The zero-order valence-corrected chi connectivity index (χ0v) is 12.0. The monoisotopic (exact) mass is 279 g/mol. The fraction of sp³-hybridized carbons (Fsp3) is 0.538. The van der Waals surface area contributed by atoms with Crippen molar-refractivity contribution in [2.45, 2.75) is 38.9 Å². The Morgan fingerprint density at radius 3 is 2.89 bits per heavy atom. The molecule has 1 aliphatic rings. The summed E-state index contributed by atoms with van der Waals surface area (Å²) in [6, 6.07) is 0.689. The van der Waals surface area contributed by atoms with E-state index in [0.29, 0.717) is 11.2 Å². The summed E-state index contributed by atoms with van der Waals surface area (Å²) < 4.78 is 3.84. The van der Waals surface area contributed by atoms with Gasteiger partial charge in [0.15, 0.2) is 0 Å². The van der Waals surface area contributed by atoms with Crippen LogP contribution in [0.1, 0.15) is 29.9 Å². The Balaban J connectivity index is 1.76. The van der Waals surface area contributed by atoms with Crippen LogP contribution < -0.4 is 5.32 Å². The smallest absolute Gasteiger partial charge is 0.131 e. The lowest BCUT2D eigenvalue weighted by atomic mass is 10.2. The van der Waals surface area contributed by atoms with Gasteiger partial charge in [-0.2, -0.15) is 5.10 Å². The van der Waals surface area contributed by atoms with Gasteiger partial charge in [-0.15, -0.1) is 0 Å². The third-order valence-electron chi connectivity index (χ3n) is 3.53. The van der Waals surface area contributed by atoms with Crippen LogP contribution in [0.4, 0.5) is 0 Å². The van der Waals surface area contributed by atoms with Gasteiger partial charge in [-0.3, -0.25) is 4.68 Å². The number of nitrogens with one attached hydrogen (secondary N) is 1. The molecule has 1 N–H and O–H groups in total. The fourth-order valence-electron chi connectivity index (χ4n) is 2.20. The van der Waals surface area contributed by atoms with Gasteiger partial charge in [0.05, 0.1) is 18.8 Å². The van der Waals surface area contributed by atoms with E-state index in [9.17, 15) is 0 Å². The minimum absolute atomic E-state index is 0.689. The zero-order chi connectivity index (χ0) is 13.4. The van der Waals surface area contributed by atoms with Crippen molar-refractivity contribution in [3.63, 3.8) is 0 Å². The lowest BCUT2D eigenvalue weighted by Gasteiger charge is -2.08. The molecule has 0 amide bonds. The Kier molecular flexibility index (Phi) is 3.33. The van der Waals surface area contributed by atoms with E-state index in [0.717, 1.165) is 30.2 Å².